The number of non-ortho nitro benzene ring substituents is 1. The number of aromatic amines is 1. The van der Waals surface area contributed by atoms with E-state index in [-0.39, 0.29) is 23.1 Å². The van der Waals surface area contributed by atoms with E-state index in [0.29, 0.717) is 33.0 Å². The maximum atomic E-state index is 12.3. The summed E-state index contributed by atoms with van der Waals surface area (Å²) in [4.78, 5) is 26.9. The van der Waals surface area contributed by atoms with Gasteiger partial charge in [-0.05, 0) is 24.3 Å². The Labute approximate surface area is 180 Å². The first-order valence-corrected chi connectivity index (χ1v) is 9.79. The number of amides is 1. The number of rotatable bonds is 8. The third-order valence-electron chi connectivity index (χ3n) is 3.88. The lowest BCUT2D eigenvalue weighted by Crippen LogP contribution is -2.14. The number of aromatic nitrogens is 3. The lowest BCUT2D eigenvalue weighted by molar-refractivity contribution is -0.384. The monoisotopic (exact) mass is 449 g/mol. The lowest BCUT2D eigenvalue weighted by atomic mass is 10.2. The van der Waals surface area contributed by atoms with Gasteiger partial charge in [-0.1, -0.05) is 23.4 Å². The van der Waals surface area contributed by atoms with E-state index in [1.807, 2.05) is 0 Å². The first-order chi connectivity index (χ1) is 14.4. The number of nitrogens with one attached hydrogen (secondary N) is 2. The van der Waals surface area contributed by atoms with Crippen LogP contribution in [-0.4, -0.2) is 46.0 Å². The van der Waals surface area contributed by atoms with Crippen molar-refractivity contribution in [1.29, 1.82) is 0 Å². The number of methoxy groups -OCH3 is 2. The van der Waals surface area contributed by atoms with E-state index < -0.39 is 4.92 Å². The van der Waals surface area contributed by atoms with Crippen LogP contribution in [0.3, 0.4) is 0 Å². The predicted octanol–water partition coefficient (Wildman–Crippen LogP) is 3.78. The standard InChI is InChI=1S/C18H16ClN5O5S/c1-28-14-6-3-10(19)7-12(14)17-21-18(23-22-17)30-9-16(25)20-13-5-4-11(24(26)27)8-15(13)29-2/h3-8H,9H2,1-2H3,(H,20,25)(H,21,22,23). The van der Waals surface area contributed by atoms with E-state index >= 15 is 0 Å². The predicted molar refractivity (Wildman–Crippen MR) is 112 cm³/mol. The summed E-state index contributed by atoms with van der Waals surface area (Å²) in [6.07, 6.45) is 0. The fraction of sp³-hybridized carbons (Fsp3) is 0.167. The van der Waals surface area contributed by atoms with Crippen LogP contribution in [0, 0.1) is 10.1 Å². The van der Waals surface area contributed by atoms with Crippen molar-refractivity contribution in [2.24, 2.45) is 0 Å². The highest BCUT2D eigenvalue weighted by molar-refractivity contribution is 7.99. The number of ether oxygens (including phenoxy) is 2. The van der Waals surface area contributed by atoms with Crippen LogP contribution in [0.4, 0.5) is 11.4 Å². The van der Waals surface area contributed by atoms with E-state index in [1.165, 1.54) is 32.4 Å². The molecule has 12 heteroatoms. The van der Waals surface area contributed by atoms with Gasteiger partial charge in [0.1, 0.15) is 11.5 Å². The average molecular weight is 450 g/mol. The van der Waals surface area contributed by atoms with E-state index in [9.17, 15) is 14.9 Å². The van der Waals surface area contributed by atoms with Gasteiger partial charge in [-0.15, -0.1) is 5.10 Å². The highest BCUT2D eigenvalue weighted by Gasteiger charge is 2.16. The minimum absolute atomic E-state index is 0.0180. The largest absolute Gasteiger partial charge is 0.496 e. The number of nitro groups is 1. The number of anilines is 1. The van der Waals surface area contributed by atoms with Gasteiger partial charge < -0.3 is 14.8 Å². The van der Waals surface area contributed by atoms with Gasteiger partial charge in [-0.2, -0.15) is 0 Å². The van der Waals surface area contributed by atoms with Crippen LogP contribution in [0.25, 0.3) is 11.4 Å². The molecule has 30 heavy (non-hydrogen) atoms. The van der Waals surface area contributed by atoms with Gasteiger partial charge in [0.05, 0.1) is 42.2 Å². The van der Waals surface area contributed by atoms with E-state index in [1.54, 1.807) is 18.2 Å². The molecule has 0 saturated carbocycles. The summed E-state index contributed by atoms with van der Waals surface area (Å²) in [7, 11) is 2.90. The Kier molecular flexibility index (Phi) is 6.75. The number of halogens is 1. The summed E-state index contributed by atoms with van der Waals surface area (Å²) in [6, 6.07) is 9.05. The highest BCUT2D eigenvalue weighted by atomic mass is 35.5. The Balaban J connectivity index is 1.65. The molecule has 3 aromatic rings. The smallest absolute Gasteiger partial charge is 0.273 e. The molecule has 0 radical (unpaired) electrons. The minimum Gasteiger partial charge on any atom is -0.496 e. The van der Waals surface area contributed by atoms with Gasteiger partial charge in [0.15, 0.2) is 5.82 Å². The van der Waals surface area contributed by atoms with Gasteiger partial charge in [0.25, 0.3) is 5.69 Å². The Morgan fingerprint density at radius 2 is 2.00 bits per heavy atom. The molecule has 1 heterocycles. The quantitative estimate of drug-likeness (QED) is 0.301. The lowest BCUT2D eigenvalue weighted by Gasteiger charge is -2.09. The number of nitro benzene ring substituents is 1. The van der Waals surface area contributed by atoms with Gasteiger partial charge in [-0.3, -0.25) is 20.0 Å². The summed E-state index contributed by atoms with van der Waals surface area (Å²) in [5.74, 6) is 0.892. The van der Waals surface area contributed by atoms with Crippen LogP contribution in [0.1, 0.15) is 0 Å². The molecule has 0 saturated heterocycles. The molecule has 0 atom stereocenters. The first-order valence-electron chi connectivity index (χ1n) is 8.42. The Morgan fingerprint density at radius 3 is 2.70 bits per heavy atom. The molecule has 3 rings (SSSR count). The summed E-state index contributed by atoms with van der Waals surface area (Å²) >= 11 is 7.15. The Bertz CT molecular complexity index is 1090. The molecule has 0 unspecified atom stereocenters. The third-order valence-corrected chi connectivity index (χ3v) is 4.97. The van der Waals surface area contributed by atoms with Crippen molar-refractivity contribution >= 4 is 40.6 Å². The van der Waals surface area contributed by atoms with Crippen molar-refractivity contribution in [3.05, 3.63) is 51.5 Å². The van der Waals surface area contributed by atoms with Crippen molar-refractivity contribution in [2.75, 3.05) is 25.3 Å². The number of carbonyl (C=O) groups excluding carboxylic acids is 1. The minimum atomic E-state index is -0.542. The normalized spacial score (nSPS) is 10.5. The molecule has 0 fully saturated rings. The number of hydrogen-bond donors (Lipinski definition) is 2. The van der Waals surface area contributed by atoms with Crippen LogP contribution >= 0.6 is 23.4 Å². The van der Waals surface area contributed by atoms with Crippen LogP contribution in [0.2, 0.25) is 5.02 Å². The van der Waals surface area contributed by atoms with Crippen LogP contribution in [-0.2, 0) is 4.79 Å². The van der Waals surface area contributed by atoms with Gasteiger partial charge in [0, 0.05) is 11.1 Å². The maximum Gasteiger partial charge on any atom is 0.273 e. The van der Waals surface area contributed by atoms with Crippen molar-refractivity contribution in [3.8, 4) is 22.9 Å². The molecular formula is C18H16ClN5O5S. The maximum absolute atomic E-state index is 12.3. The zero-order valence-corrected chi connectivity index (χ0v) is 17.4. The summed E-state index contributed by atoms with van der Waals surface area (Å²) in [5, 5.41) is 21.3. The summed E-state index contributed by atoms with van der Waals surface area (Å²) < 4.78 is 10.4. The van der Waals surface area contributed by atoms with Crippen molar-refractivity contribution in [3.63, 3.8) is 0 Å². The molecule has 156 valence electrons. The molecule has 0 aliphatic heterocycles. The number of thioether (sulfide) groups is 1. The molecule has 2 aromatic carbocycles. The molecule has 0 aliphatic carbocycles. The summed E-state index contributed by atoms with van der Waals surface area (Å²) in [5.41, 5.74) is 0.835. The van der Waals surface area contributed by atoms with Crippen LogP contribution in [0.5, 0.6) is 11.5 Å². The van der Waals surface area contributed by atoms with Crippen molar-refractivity contribution in [2.45, 2.75) is 5.16 Å². The molecular weight excluding hydrogens is 434 g/mol. The molecule has 1 amide bonds. The fourth-order valence-electron chi connectivity index (χ4n) is 2.51. The summed E-state index contributed by atoms with van der Waals surface area (Å²) in [6.45, 7) is 0. The molecule has 0 bridgehead atoms. The molecule has 1 aromatic heterocycles. The van der Waals surface area contributed by atoms with Gasteiger partial charge in [-0.25, -0.2) is 4.98 Å². The number of carbonyl (C=O) groups is 1. The number of H-pyrrole nitrogens is 1. The van der Waals surface area contributed by atoms with Gasteiger partial charge >= 0.3 is 0 Å². The van der Waals surface area contributed by atoms with Crippen molar-refractivity contribution < 1.29 is 19.2 Å². The van der Waals surface area contributed by atoms with E-state index in [0.717, 1.165) is 11.8 Å². The SMILES string of the molecule is COc1cc([N+](=O)[O-])ccc1NC(=O)CSc1n[nH]c(-c2cc(Cl)ccc2OC)n1. The Hall–Kier alpha value is -3.31. The Morgan fingerprint density at radius 1 is 1.23 bits per heavy atom. The second-order valence-corrected chi connectivity index (χ2v) is 7.17. The topological polar surface area (TPSA) is 132 Å². The zero-order chi connectivity index (χ0) is 21.7. The molecule has 0 spiro atoms. The van der Waals surface area contributed by atoms with Crippen LogP contribution in [0.15, 0.2) is 41.6 Å². The number of nitrogens with zero attached hydrogens (tertiary/aromatic N) is 3. The second-order valence-electron chi connectivity index (χ2n) is 5.79. The average Bonchev–Trinajstić information content (AvgIpc) is 3.21. The molecule has 10 nitrogen and oxygen atoms in total. The number of benzene rings is 2. The van der Waals surface area contributed by atoms with E-state index in [4.69, 9.17) is 21.1 Å². The van der Waals surface area contributed by atoms with E-state index in [2.05, 4.69) is 20.5 Å². The first kappa shape index (κ1) is 21.4. The second kappa shape index (κ2) is 9.46. The van der Waals surface area contributed by atoms with Crippen molar-refractivity contribution in [1.82, 2.24) is 15.2 Å². The van der Waals surface area contributed by atoms with Gasteiger partial charge in [0.2, 0.25) is 11.1 Å². The molecule has 0 aliphatic rings. The number of hydrogen-bond acceptors (Lipinski definition) is 8. The fourth-order valence-corrected chi connectivity index (χ4v) is 3.28. The van der Waals surface area contributed by atoms with Crippen LogP contribution < -0.4 is 14.8 Å². The molecule has 2 N–H and O–H groups in total. The third kappa shape index (κ3) is 4.99. The highest BCUT2D eigenvalue weighted by Crippen LogP contribution is 2.32. The zero-order valence-electron chi connectivity index (χ0n) is 15.8.